The van der Waals surface area contributed by atoms with Gasteiger partial charge in [0.1, 0.15) is 0 Å². The summed E-state index contributed by atoms with van der Waals surface area (Å²) in [7, 11) is 0. The van der Waals surface area contributed by atoms with Crippen LogP contribution in [-0.2, 0) is 4.74 Å². The second kappa shape index (κ2) is 4.77. The van der Waals surface area contributed by atoms with Crippen LogP contribution in [0.1, 0.15) is 17.4 Å². The lowest BCUT2D eigenvalue weighted by Crippen LogP contribution is -2.22. The van der Waals surface area contributed by atoms with Crippen LogP contribution in [-0.4, -0.2) is 22.5 Å². The van der Waals surface area contributed by atoms with Crippen molar-refractivity contribution < 1.29 is 9.53 Å². The van der Waals surface area contributed by atoms with E-state index in [-0.39, 0.29) is 12.3 Å². The number of rotatable bonds is 2. The van der Waals surface area contributed by atoms with Gasteiger partial charge in [-0.3, -0.25) is 4.79 Å². The van der Waals surface area contributed by atoms with Crippen molar-refractivity contribution >= 4 is 27.8 Å². The quantitative estimate of drug-likeness (QED) is 0.571. The number of fused-ring (bicyclic) bond motifs is 2. The van der Waals surface area contributed by atoms with Gasteiger partial charge in [-0.15, -0.1) is 0 Å². The maximum absolute atomic E-state index is 11.9. The third kappa shape index (κ3) is 2.03. The van der Waals surface area contributed by atoms with Crippen LogP contribution in [0.4, 0.5) is 0 Å². The molecule has 0 amide bonds. The van der Waals surface area contributed by atoms with E-state index in [1.165, 1.54) is 0 Å². The molecule has 0 bridgehead atoms. The summed E-state index contributed by atoms with van der Waals surface area (Å²) >= 11 is 0. The van der Waals surface area contributed by atoms with E-state index in [4.69, 9.17) is 4.74 Å². The predicted octanol–water partition coefficient (Wildman–Crippen LogP) is 2.25. The van der Waals surface area contributed by atoms with Gasteiger partial charge < -0.3 is 9.72 Å². The van der Waals surface area contributed by atoms with Gasteiger partial charge in [0.05, 0.1) is 17.6 Å². The standard InChI is InChI=1S/C15H12N2O3/c1-2-20-15(19)13-14(18)17-12-8-10-6-4-3-5-9(10)7-11(12)16-13/h3-8H,2H2,1H3,(H,17,18). The Morgan fingerprint density at radius 2 is 1.95 bits per heavy atom. The van der Waals surface area contributed by atoms with E-state index >= 15 is 0 Å². The van der Waals surface area contributed by atoms with Crippen LogP contribution in [0.5, 0.6) is 0 Å². The number of nitrogens with one attached hydrogen (secondary N) is 1. The Morgan fingerprint density at radius 1 is 1.25 bits per heavy atom. The highest BCUT2D eigenvalue weighted by atomic mass is 16.5. The number of aromatic amines is 1. The Balaban J connectivity index is 2.26. The first-order valence-corrected chi connectivity index (χ1v) is 6.29. The Labute approximate surface area is 114 Å². The number of hydrogen-bond donors (Lipinski definition) is 1. The molecule has 0 unspecified atom stereocenters. The molecular weight excluding hydrogens is 256 g/mol. The summed E-state index contributed by atoms with van der Waals surface area (Å²) in [5, 5.41) is 2.00. The van der Waals surface area contributed by atoms with Gasteiger partial charge in [-0.1, -0.05) is 24.3 Å². The van der Waals surface area contributed by atoms with Crippen LogP contribution in [0.15, 0.2) is 41.2 Å². The van der Waals surface area contributed by atoms with Crippen molar-refractivity contribution in [3.63, 3.8) is 0 Å². The maximum Gasteiger partial charge on any atom is 0.362 e. The summed E-state index contributed by atoms with van der Waals surface area (Å²) in [4.78, 5) is 30.3. The van der Waals surface area contributed by atoms with Crippen LogP contribution in [0, 0.1) is 0 Å². The van der Waals surface area contributed by atoms with Gasteiger partial charge in [0, 0.05) is 0 Å². The van der Waals surface area contributed by atoms with Crippen LogP contribution in [0.25, 0.3) is 21.8 Å². The monoisotopic (exact) mass is 268 g/mol. The predicted molar refractivity (Wildman–Crippen MR) is 75.8 cm³/mol. The van der Waals surface area contributed by atoms with Gasteiger partial charge in [-0.05, 0) is 29.8 Å². The molecule has 0 aliphatic heterocycles. The van der Waals surface area contributed by atoms with Crippen molar-refractivity contribution in [3.8, 4) is 0 Å². The van der Waals surface area contributed by atoms with Crippen molar-refractivity contribution in [1.29, 1.82) is 0 Å². The molecule has 100 valence electrons. The molecule has 0 aliphatic rings. The fraction of sp³-hybridized carbons (Fsp3) is 0.133. The summed E-state index contributed by atoms with van der Waals surface area (Å²) in [6.07, 6.45) is 0. The highest BCUT2D eigenvalue weighted by molar-refractivity contribution is 5.96. The summed E-state index contributed by atoms with van der Waals surface area (Å²) < 4.78 is 4.82. The zero-order valence-electron chi connectivity index (χ0n) is 10.8. The summed E-state index contributed by atoms with van der Waals surface area (Å²) in [5.41, 5.74) is 0.411. The van der Waals surface area contributed by atoms with E-state index in [1.54, 1.807) is 6.92 Å². The third-order valence-corrected chi connectivity index (χ3v) is 3.03. The average Bonchev–Trinajstić information content (AvgIpc) is 2.44. The van der Waals surface area contributed by atoms with Crippen LogP contribution in [0.3, 0.4) is 0 Å². The molecule has 3 rings (SSSR count). The molecule has 5 nitrogen and oxygen atoms in total. The number of nitrogens with zero attached hydrogens (tertiary/aromatic N) is 1. The molecule has 0 fully saturated rings. The molecule has 2 aromatic carbocycles. The molecule has 0 spiro atoms. The molecule has 20 heavy (non-hydrogen) atoms. The minimum atomic E-state index is -0.705. The molecule has 0 saturated carbocycles. The normalized spacial score (nSPS) is 10.8. The highest BCUT2D eigenvalue weighted by Gasteiger charge is 2.15. The molecule has 1 N–H and O–H groups in total. The Kier molecular flexibility index (Phi) is 2.95. The first kappa shape index (κ1) is 12.3. The topological polar surface area (TPSA) is 72.0 Å². The van der Waals surface area contributed by atoms with E-state index in [2.05, 4.69) is 9.97 Å². The van der Waals surface area contributed by atoms with E-state index < -0.39 is 11.5 Å². The molecule has 0 radical (unpaired) electrons. The van der Waals surface area contributed by atoms with Crippen molar-refractivity contribution in [2.24, 2.45) is 0 Å². The first-order valence-electron chi connectivity index (χ1n) is 6.29. The van der Waals surface area contributed by atoms with Gasteiger partial charge in [0.15, 0.2) is 0 Å². The zero-order chi connectivity index (χ0) is 14.1. The molecule has 5 heteroatoms. The van der Waals surface area contributed by atoms with E-state index in [0.717, 1.165) is 10.8 Å². The number of carbonyl (C=O) groups is 1. The number of esters is 1. The van der Waals surface area contributed by atoms with Crippen molar-refractivity contribution in [2.45, 2.75) is 6.92 Å². The SMILES string of the molecule is CCOC(=O)c1nc2cc3ccccc3cc2[nH]c1=O. The zero-order valence-corrected chi connectivity index (χ0v) is 10.8. The number of H-pyrrole nitrogens is 1. The number of carbonyl (C=O) groups excluding carboxylic acids is 1. The van der Waals surface area contributed by atoms with Gasteiger partial charge >= 0.3 is 5.97 Å². The molecule has 3 aromatic rings. The summed E-state index contributed by atoms with van der Waals surface area (Å²) in [6, 6.07) is 11.4. The molecule has 0 saturated heterocycles. The van der Waals surface area contributed by atoms with Gasteiger partial charge in [-0.25, -0.2) is 9.78 Å². The fourth-order valence-corrected chi connectivity index (χ4v) is 2.11. The summed E-state index contributed by atoms with van der Waals surface area (Å²) in [6.45, 7) is 1.89. The second-order valence-electron chi connectivity index (χ2n) is 4.35. The van der Waals surface area contributed by atoms with Crippen LogP contribution >= 0.6 is 0 Å². The third-order valence-electron chi connectivity index (χ3n) is 3.03. The average molecular weight is 268 g/mol. The molecule has 1 aromatic heterocycles. The first-order chi connectivity index (χ1) is 9.69. The van der Waals surface area contributed by atoms with E-state index in [9.17, 15) is 9.59 Å². The maximum atomic E-state index is 11.9. The molecule has 0 atom stereocenters. The smallest absolute Gasteiger partial charge is 0.362 e. The van der Waals surface area contributed by atoms with Crippen molar-refractivity contribution in [3.05, 3.63) is 52.4 Å². The van der Waals surface area contributed by atoms with Crippen molar-refractivity contribution in [2.75, 3.05) is 6.61 Å². The van der Waals surface area contributed by atoms with E-state index in [0.29, 0.717) is 11.0 Å². The van der Waals surface area contributed by atoms with Crippen molar-refractivity contribution in [1.82, 2.24) is 9.97 Å². The lowest BCUT2D eigenvalue weighted by molar-refractivity contribution is 0.0517. The van der Waals surface area contributed by atoms with Gasteiger partial charge in [0.25, 0.3) is 5.56 Å². The number of benzene rings is 2. The fourth-order valence-electron chi connectivity index (χ4n) is 2.11. The Morgan fingerprint density at radius 3 is 2.65 bits per heavy atom. The summed E-state index contributed by atoms with van der Waals surface area (Å²) in [5.74, 6) is -0.705. The largest absolute Gasteiger partial charge is 0.461 e. The number of ether oxygens (including phenoxy) is 1. The minimum Gasteiger partial charge on any atom is -0.461 e. The van der Waals surface area contributed by atoms with Gasteiger partial charge in [-0.2, -0.15) is 0 Å². The number of aromatic nitrogens is 2. The second-order valence-corrected chi connectivity index (χ2v) is 4.35. The molecular formula is C15H12N2O3. The van der Waals surface area contributed by atoms with E-state index in [1.807, 2.05) is 36.4 Å². The minimum absolute atomic E-state index is 0.204. The van der Waals surface area contributed by atoms with Crippen LogP contribution < -0.4 is 5.56 Å². The molecule has 1 heterocycles. The Hall–Kier alpha value is -2.69. The molecule has 0 aliphatic carbocycles. The number of hydrogen-bond acceptors (Lipinski definition) is 4. The lowest BCUT2D eigenvalue weighted by atomic mass is 10.1. The highest BCUT2D eigenvalue weighted by Crippen LogP contribution is 2.19. The Bertz CT molecular complexity index is 868. The van der Waals surface area contributed by atoms with Gasteiger partial charge in [0.2, 0.25) is 5.69 Å². The van der Waals surface area contributed by atoms with Crippen LogP contribution in [0.2, 0.25) is 0 Å². The lowest BCUT2D eigenvalue weighted by Gasteiger charge is -2.04.